The van der Waals surface area contributed by atoms with Crippen LogP contribution in [-0.4, -0.2) is 59.1 Å². The first kappa shape index (κ1) is 22.5. The highest BCUT2D eigenvalue weighted by Gasteiger charge is 2.38. The van der Waals surface area contributed by atoms with E-state index < -0.39 is 10.0 Å². The van der Waals surface area contributed by atoms with Crippen molar-refractivity contribution in [2.24, 2.45) is 11.8 Å². The first-order valence-electron chi connectivity index (χ1n) is 11.9. The van der Waals surface area contributed by atoms with Crippen LogP contribution in [0.4, 0.5) is 5.82 Å². The van der Waals surface area contributed by atoms with Crippen molar-refractivity contribution < 1.29 is 8.42 Å². The maximum absolute atomic E-state index is 13.3. The number of H-pyrrole nitrogens is 1. The molecule has 1 saturated heterocycles. The van der Waals surface area contributed by atoms with Crippen LogP contribution >= 0.6 is 0 Å². The summed E-state index contributed by atoms with van der Waals surface area (Å²) >= 11 is 0. The minimum atomic E-state index is -3.20. The lowest BCUT2D eigenvalue weighted by atomic mass is 9.86. The van der Waals surface area contributed by atoms with E-state index in [9.17, 15) is 8.42 Å². The molecule has 2 fully saturated rings. The Morgan fingerprint density at radius 3 is 2.61 bits per heavy atom. The number of sulfonamides is 1. The number of nitrogens with one attached hydrogen (secondary N) is 1. The van der Waals surface area contributed by atoms with Crippen LogP contribution in [0.3, 0.4) is 0 Å². The Morgan fingerprint density at radius 1 is 1.13 bits per heavy atom. The van der Waals surface area contributed by atoms with E-state index >= 15 is 0 Å². The van der Waals surface area contributed by atoms with Gasteiger partial charge in [0, 0.05) is 31.9 Å². The molecule has 3 heterocycles. The molecule has 0 amide bonds. The summed E-state index contributed by atoms with van der Waals surface area (Å²) in [4.78, 5) is 14.2. The summed E-state index contributed by atoms with van der Waals surface area (Å²) in [6.45, 7) is 5.03. The fraction of sp³-hybridized carbons (Fsp3) is 0.739. The third kappa shape index (κ3) is 4.60. The standard InChI is InChI=1S/C23H37N5O2S/c1-4-18-7-6-14-28(21(18)5-2)31(29,30)15-17-8-10-19(11-9-17)27(3)23-20-12-13-24-22(20)25-16-26-23/h12-13,16-19,21H,4-11,14-15H2,1-3H3,(H,24,25,26). The predicted octanol–water partition coefficient (Wildman–Crippen LogP) is 4.18. The second kappa shape index (κ2) is 9.45. The number of piperidine rings is 1. The maximum atomic E-state index is 13.3. The molecule has 2 aliphatic rings. The Kier molecular flexibility index (Phi) is 6.86. The van der Waals surface area contributed by atoms with Crippen LogP contribution < -0.4 is 4.90 Å². The molecule has 0 radical (unpaired) electrons. The van der Waals surface area contributed by atoms with Gasteiger partial charge in [0.1, 0.15) is 17.8 Å². The van der Waals surface area contributed by atoms with Crippen LogP contribution in [-0.2, 0) is 10.0 Å². The van der Waals surface area contributed by atoms with Crippen LogP contribution in [0.25, 0.3) is 11.0 Å². The first-order chi connectivity index (χ1) is 14.9. The first-order valence-corrected chi connectivity index (χ1v) is 13.6. The molecule has 1 saturated carbocycles. The fourth-order valence-electron chi connectivity index (χ4n) is 5.87. The summed E-state index contributed by atoms with van der Waals surface area (Å²) in [7, 11) is -1.11. The fourth-order valence-corrected chi connectivity index (χ4v) is 8.13. The van der Waals surface area contributed by atoms with Gasteiger partial charge in [-0.3, -0.25) is 0 Å². The van der Waals surface area contributed by atoms with Gasteiger partial charge in [-0.05, 0) is 62.8 Å². The van der Waals surface area contributed by atoms with Crippen molar-refractivity contribution in [3.63, 3.8) is 0 Å². The molecule has 1 aliphatic carbocycles. The van der Waals surface area contributed by atoms with Gasteiger partial charge in [-0.15, -0.1) is 0 Å². The van der Waals surface area contributed by atoms with Crippen LogP contribution in [0.1, 0.15) is 65.2 Å². The van der Waals surface area contributed by atoms with Gasteiger partial charge in [0.15, 0.2) is 0 Å². The van der Waals surface area contributed by atoms with Gasteiger partial charge in [0.25, 0.3) is 0 Å². The van der Waals surface area contributed by atoms with Crippen molar-refractivity contribution in [3.8, 4) is 0 Å². The van der Waals surface area contributed by atoms with Gasteiger partial charge < -0.3 is 9.88 Å². The SMILES string of the molecule is CCC1CCCN(S(=O)(=O)CC2CCC(N(C)c3ncnc4[nH]ccc34)CC2)C1CC. The van der Waals surface area contributed by atoms with Gasteiger partial charge in [-0.2, -0.15) is 4.31 Å². The third-order valence-corrected chi connectivity index (χ3v) is 9.71. The molecule has 0 spiro atoms. The Hall–Kier alpha value is -1.67. The lowest BCUT2D eigenvalue weighted by Gasteiger charge is -2.41. The minimum Gasteiger partial charge on any atom is -0.356 e. The largest absolute Gasteiger partial charge is 0.356 e. The highest BCUT2D eigenvalue weighted by atomic mass is 32.2. The van der Waals surface area contributed by atoms with Gasteiger partial charge in [0.05, 0.1) is 11.1 Å². The second-order valence-electron chi connectivity index (χ2n) is 9.40. The molecular formula is C23H37N5O2S. The molecule has 2 atom stereocenters. The number of anilines is 1. The van der Waals surface area contributed by atoms with Crippen LogP contribution in [0.15, 0.2) is 18.6 Å². The Bertz CT molecular complexity index is 967. The molecule has 0 bridgehead atoms. The zero-order valence-corrected chi connectivity index (χ0v) is 19.9. The van der Waals surface area contributed by atoms with E-state index in [0.29, 0.717) is 24.3 Å². The minimum absolute atomic E-state index is 0.188. The molecule has 4 rings (SSSR count). The molecule has 2 aromatic rings. The van der Waals surface area contributed by atoms with Crippen molar-refractivity contribution in [1.29, 1.82) is 0 Å². The molecule has 172 valence electrons. The van der Waals surface area contributed by atoms with E-state index in [1.807, 2.05) is 16.6 Å². The molecule has 1 aliphatic heterocycles. The Labute approximate surface area is 186 Å². The van der Waals surface area contributed by atoms with Crippen LogP contribution in [0.2, 0.25) is 0 Å². The summed E-state index contributed by atoms with van der Waals surface area (Å²) in [6, 6.07) is 2.59. The molecule has 7 nitrogen and oxygen atoms in total. The summed E-state index contributed by atoms with van der Waals surface area (Å²) in [5.74, 6) is 2.03. The number of aromatic nitrogens is 3. The Morgan fingerprint density at radius 2 is 1.90 bits per heavy atom. The van der Waals surface area contributed by atoms with Gasteiger partial charge in [-0.1, -0.05) is 20.3 Å². The van der Waals surface area contributed by atoms with E-state index in [-0.39, 0.29) is 12.0 Å². The normalized spacial score (nSPS) is 28.1. The van der Waals surface area contributed by atoms with E-state index in [1.54, 1.807) is 6.33 Å². The van der Waals surface area contributed by atoms with Gasteiger partial charge >= 0.3 is 0 Å². The predicted molar refractivity (Wildman–Crippen MR) is 126 cm³/mol. The molecule has 31 heavy (non-hydrogen) atoms. The molecular weight excluding hydrogens is 410 g/mol. The average molecular weight is 448 g/mol. The highest BCUT2D eigenvalue weighted by molar-refractivity contribution is 7.89. The Balaban J connectivity index is 1.38. The van der Waals surface area contributed by atoms with Crippen molar-refractivity contribution >= 4 is 26.9 Å². The van der Waals surface area contributed by atoms with Crippen LogP contribution in [0, 0.1) is 11.8 Å². The second-order valence-corrected chi connectivity index (χ2v) is 11.4. The molecule has 0 aromatic carbocycles. The summed E-state index contributed by atoms with van der Waals surface area (Å²) in [5.41, 5.74) is 0.856. The summed E-state index contributed by atoms with van der Waals surface area (Å²) in [6.07, 6.45) is 11.6. The van der Waals surface area contributed by atoms with Gasteiger partial charge in [-0.25, -0.2) is 18.4 Å². The van der Waals surface area contributed by atoms with Crippen LogP contribution in [0.5, 0.6) is 0 Å². The lowest BCUT2D eigenvalue weighted by Crippen LogP contribution is -2.49. The quantitative estimate of drug-likeness (QED) is 0.688. The van der Waals surface area contributed by atoms with Crippen molar-refractivity contribution in [2.45, 2.75) is 77.3 Å². The number of hydrogen-bond donors (Lipinski definition) is 1. The zero-order chi connectivity index (χ0) is 22.0. The summed E-state index contributed by atoms with van der Waals surface area (Å²) in [5, 5.41) is 1.04. The van der Waals surface area contributed by atoms with E-state index in [4.69, 9.17) is 0 Å². The van der Waals surface area contributed by atoms with Crippen molar-refractivity contribution in [1.82, 2.24) is 19.3 Å². The lowest BCUT2D eigenvalue weighted by molar-refractivity contribution is 0.164. The zero-order valence-electron chi connectivity index (χ0n) is 19.1. The van der Waals surface area contributed by atoms with Crippen molar-refractivity contribution in [2.75, 3.05) is 24.2 Å². The maximum Gasteiger partial charge on any atom is 0.214 e. The van der Waals surface area contributed by atoms with Gasteiger partial charge in [0.2, 0.25) is 10.0 Å². The molecule has 1 N–H and O–H groups in total. The van der Waals surface area contributed by atoms with E-state index in [0.717, 1.165) is 68.2 Å². The average Bonchev–Trinajstić information content (AvgIpc) is 3.27. The van der Waals surface area contributed by atoms with E-state index in [1.165, 1.54) is 0 Å². The molecule has 2 unspecified atom stereocenters. The highest BCUT2D eigenvalue weighted by Crippen LogP contribution is 2.35. The number of fused-ring (bicyclic) bond motifs is 1. The molecule has 2 aromatic heterocycles. The topological polar surface area (TPSA) is 82.2 Å². The van der Waals surface area contributed by atoms with Crippen molar-refractivity contribution in [3.05, 3.63) is 18.6 Å². The monoisotopic (exact) mass is 447 g/mol. The summed E-state index contributed by atoms with van der Waals surface area (Å²) < 4.78 is 28.5. The third-order valence-electron chi connectivity index (χ3n) is 7.64. The number of hydrogen-bond acceptors (Lipinski definition) is 5. The number of nitrogens with zero attached hydrogens (tertiary/aromatic N) is 4. The number of aromatic amines is 1. The molecule has 8 heteroatoms. The van der Waals surface area contributed by atoms with E-state index in [2.05, 4.69) is 40.7 Å². The number of rotatable bonds is 7. The smallest absolute Gasteiger partial charge is 0.214 e.